The molecule has 3 aromatic carbocycles. The quantitative estimate of drug-likeness (QED) is 0.166. The van der Waals surface area contributed by atoms with Crippen LogP contribution in [0.3, 0.4) is 0 Å². The van der Waals surface area contributed by atoms with Gasteiger partial charge in [0.2, 0.25) is 10.0 Å². The van der Waals surface area contributed by atoms with E-state index in [1.54, 1.807) is 24.4 Å². The number of rotatable bonds is 9. The Labute approximate surface area is 258 Å². The van der Waals surface area contributed by atoms with Gasteiger partial charge in [-0.15, -0.1) is 0 Å². The van der Waals surface area contributed by atoms with E-state index in [2.05, 4.69) is 25.7 Å². The lowest BCUT2D eigenvalue weighted by atomic mass is 9.86. The fourth-order valence-electron chi connectivity index (χ4n) is 5.34. The van der Waals surface area contributed by atoms with E-state index in [1.165, 1.54) is 13.5 Å². The number of pyridine rings is 1. The Bertz CT molecular complexity index is 1780. The zero-order valence-corrected chi connectivity index (χ0v) is 26.5. The maximum Gasteiger partial charge on any atom is 0.323 e. The Morgan fingerprint density at radius 2 is 1.73 bits per heavy atom. The third-order valence-corrected chi connectivity index (χ3v) is 8.06. The molecule has 1 unspecified atom stereocenters. The molecule has 1 fully saturated rings. The summed E-state index contributed by atoms with van der Waals surface area (Å²) in [6.45, 7) is 7.04. The maximum absolute atomic E-state index is 13.3. The van der Waals surface area contributed by atoms with Crippen molar-refractivity contribution in [3.8, 4) is 17.2 Å². The van der Waals surface area contributed by atoms with E-state index in [4.69, 9.17) is 9.47 Å². The third kappa shape index (κ3) is 7.59. The molecule has 5 rings (SSSR count). The first-order valence-corrected chi connectivity index (χ1v) is 16.4. The molecule has 0 spiro atoms. The number of benzene rings is 3. The maximum atomic E-state index is 13.3. The van der Waals surface area contributed by atoms with Crippen molar-refractivity contribution in [2.24, 2.45) is 0 Å². The van der Waals surface area contributed by atoms with Crippen molar-refractivity contribution in [2.45, 2.75) is 51.5 Å². The Morgan fingerprint density at radius 1 is 1.00 bits per heavy atom. The summed E-state index contributed by atoms with van der Waals surface area (Å²) in [6, 6.07) is 18.5. The van der Waals surface area contributed by atoms with Crippen molar-refractivity contribution in [1.82, 2.24) is 10.3 Å². The second-order valence-corrected chi connectivity index (χ2v) is 13.8. The molecule has 232 valence electrons. The average Bonchev–Trinajstić information content (AvgIpc) is 3.46. The monoisotopic (exact) mass is 617 g/mol. The fourth-order valence-corrected chi connectivity index (χ4v) is 5.89. The van der Waals surface area contributed by atoms with Gasteiger partial charge in [0.25, 0.3) is 0 Å². The lowest BCUT2D eigenvalue weighted by molar-refractivity contribution is 0.262. The number of hydrogen-bond acceptors (Lipinski definition) is 7. The highest BCUT2D eigenvalue weighted by atomic mass is 32.2. The topological polar surface area (TPSA) is 131 Å². The van der Waals surface area contributed by atoms with E-state index in [9.17, 15) is 13.2 Å². The first-order valence-electron chi connectivity index (χ1n) is 14.6. The van der Waals surface area contributed by atoms with Gasteiger partial charge in [-0.05, 0) is 60.7 Å². The molecule has 0 bridgehead atoms. The SMILES string of the molecule is COc1c(NC(=O)Nc2ccc(Oc3ccnc(CC4CCCN4)c3)c3ccccc23)cc(C(C)(C)C)cc1NS(C)(=O)=O. The molecule has 0 aliphatic carbocycles. The molecule has 0 saturated carbocycles. The second-order valence-electron chi connectivity index (χ2n) is 12.0. The van der Waals surface area contributed by atoms with E-state index in [1.807, 2.05) is 63.2 Å². The van der Waals surface area contributed by atoms with Gasteiger partial charge in [0.05, 0.1) is 30.4 Å². The van der Waals surface area contributed by atoms with Crippen molar-refractivity contribution in [3.63, 3.8) is 0 Å². The van der Waals surface area contributed by atoms with Crippen molar-refractivity contribution in [1.29, 1.82) is 0 Å². The minimum Gasteiger partial charge on any atom is -0.492 e. The van der Waals surface area contributed by atoms with Crippen LogP contribution in [0.2, 0.25) is 0 Å². The molecule has 10 nitrogen and oxygen atoms in total. The molecule has 1 aliphatic rings. The second kappa shape index (κ2) is 12.7. The number of carbonyl (C=O) groups is 1. The van der Waals surface area contributed by atoms with E-state index in [-0.39, 0.29) is 16.9 Å². The van der Waals surface area contributed by atoms with Gasteiger partial charge >= 0.3 is 6.03 Å². The molecule has 0 radical (unpaired) electrons. The molecule has 4 aromatic rings. The summed E-state index contributed by atoms with van der Waals surface area (Å²) in [7, 11) is -2.18. The largest absolute Gasteiger partial charge is 0.492 e. The van der Waals surface area contributed by atoms with Crippen LogP contribution in [-0.2, 0) is 21.9 Å². The number of ether oxygens (including phenoxy) is 2. The standard InChI is InChI=1S/C33H39N5O5S/c1-33(2,3)21-17-28(31(42-4)29(18-21)38-44(5,40)41)37-32(39)36-27-12-13-30(26-11-7-6-10-25(26)27)43-24-14-16-35-23(20-24)19-22-9-8-15-34-22/h6-7,10-14,16-18,20,22,34,38H,8-9,15,19H2,1-5H3,(H2,36,37,39). The number of sulfonamides is 1. The van der Waals surface area contributed by atoms with Crippen molar-refractivity contribution in [3.05, 3.63) is 78.1 Å². The lowest BCUT2D eigenvalue weighted by Crippen LogP contribution is -2.24. The molecule has 1 saturated heterocycles. The fraction of sp³-hybridized carbons (Fsp3) is 0.333. The van der Waals surface area contributed by atoms with Crippen LogP contribution in [0, 0.1) is 0 Å². The van der Waals surface area contributed by atoms with Crippen molar-refractivity contribution in [2.75, 3.05) is 35.3 Å². The van der Waals surface area contributed by atoms with E-state index in [0.717, 1.165) is 47.7 Å². The molecule has 1 aromatic heterocycles. The highest BCUT2D eigenvalue weighted by Crippen LogP contribution is 2.40. The zero-order valence-electron chi connectivity index (χ0n) is 25.7. The highest BCUT2D eigenvalue weighted by Gasteiger charge is 2.23. The van der Waals surface area contributed by atoms with Gasteiger partial charge < -0.3 is 25.4 Å². The predicted molar refractivity (Wildman–Crippen MR) is 176 cm³/mol. The van der Waals surface area contributed by atoms with Crippen LogP contribution in [0.4, 0.5) is 21.9 Å². The summed E-state index contributed by atoms with van der Waals surface area (Å²) in [5.41, 5.74) is 2.60. The van der Waals surface area contributed by atoms with Gasteiger partial charge in [0.1, 0.15) is 11.5 Å². The van der Waals surface area contributed by atoms with Crippen molar-refractivity contribution < 1.29 is 22.7 Å². The minimum atomic E-state index is -3.60. The van der Waals surface area contributed by atoms with Gasteiger partial charge in [0.15, 0.2) is 5.75 Å². The van der Waals surface area contributed by atoms with Crippen LogP contribution in [0.25, 0.3) is 10.8 Å². The molecule has 11 heteroatoms. The molecule has 1 aliphatic heterocycles. The number of fused-ring (bicyclic) bond motifs is 1. The van der Waals surface area contributed by atoms with Crippen LogP contribution < -0.4 is 30.1 Å². The van der Waals surface area contributed by atoms with Crippen LogP contribution in [0.5, 0.6) is 17.2 Å². The van der Waals surface area contributed by atoms with E-state index >= 15 is 0 Å². The Morgan fingerprint density at radius 3 is 2.41 bits per heavy atom. The van der Waals surface area contributed by atoms with Gasteiger partial charge in [0, 0.05) is 41.2 Å². The number of methoxy groups -OCH3 is 1. The first kappa shape index (κ1) is 31.1. The number of carbonyl (C=O) groups excluding carboxylic acids is 1. The summed E-state index contributed by atoms with van der Waals surface area (Å²) >= 11 is 0. The van der Waals surface area contributed by atoms with Crippen LogP contribution >= 0.6 is 0 Å². The van der Waals surface area contributed by atoms with E-state index in [0.29, 0.717) is 28.9 Å². The van der Waals surface area contributed by atoms with Crippen molar-refractivity contribution >= 4 is 43.9 Å². The molecule has 2 amide bonds. The van der Waals surface area contributed by atoms with Gasteiger partial charge in [-0.1, -0.05) is 45.0 Å². The summed E-state index contributed by atoms with van der Waals surface area (Å²) in [5.74, 6) is 1.55. The number of urea groups is 1. The highest BCUT2D eigenvalue weighted by molar-refractivity contribution is 7.92. The third-order valence-electron chi connectivity index (χ3n) is 7.47. The van der Waals surface area contributed by atoms with Crippen LogP contribution in [-0.4, -0.2) is 45.4 Å². The Hall–Kier alpha value is -4.35. The van der Waals surface area contributed by atoms with Gasteiger partial charge in [-0.2, -0.15) is 0 Å². The number of nitrogens with one attached hydrogen (secondary N) is 4. The zero-order chi connectivity index (χ0) is 31.5. The number of aromatic nitrogens is 1. The Balaban J connectivity index is 1.39. The number of amides is 2. The summed E-state index contributed by atoms with van der Waals surface area (Å²) in [6.07, 6.45) is 6.01. The average molecular weight is 618 g/mol. The summed E-state index contributed by atoms with van der Waals surface area (Å²) < 4.78 is 38.5. The number of hydrogen-bond donors (Lipinski definition) is 4. The molecule has 4 N–H and O–H groups in total. The van der Waals surface area contributed by atoms with Gasteiger partial charge in [-0.3, -0.25) is 9.71 Å². The lowest BCUT2D eigenvalue weighted by Gasteiger charge is -2.24. The molecule has 1 atom stereocenters. The normalized spacial score (nSPS) is 15.2. The summed E-state index contributed by atoms with van der Waals surface area (Å²) in [5, 5.41) is 10.9. The van der Waals surface area contributed by atoms with Crippen LogP contribution in [0.1, 0.15) is 44.9 Å². The molecular weight excluding hydrogens is 578 g/mol. The molecule has 44 heavy (non-hydrogen) atoms. The molecular formula is C33H39N5O5S. The number of nitrogens with zero attached hydrogens (tertiary/aromatic N) is 1. The minimum absolute atomic E-state index is 0.201. The van der Waals surface area contributed by atoms with Crippen LogP contribution in [0.15, 0.2) is 66.9 Å². The summed E-state index contributed by atoms with van der Waals surface area (Å²) in [4.78, 5) is 17.9. The predicted octanol–water partition coefficient (Wildman–Crippen LogP) is 6.64. The van der Waals surface area contributed by atoms with E-state index < -0.39 is 16.1 Å². The van der Waals surface area contributed by atoms with Gasteiger partial charge in [-0.25, -0.2) is 13.2 Å². The molecule has 2 heterocycles. The smallest absolute Gasteiger partial charge is 0.323 e. The number of anilines is 3. The first-order chi connectivity index (χ1) is 20.9. The Kier molecular flexibility index (Phi) is 8.98.